The third-order valence-electron chi connectivity index (χ3n) is 5.28. The van der Waals surface area contributed by atoms with Gasteiger partial charge in [-0.3, -0.25) is 9.69 Å². The van der Waals surface area contributed by atoms with Gasteiger partial charge in [0.2, 0.25) is 5.91 Å². The van der Waals surface area contributed by atoms with Gasteiger partial charge in [-0.1, -0.05) is 36.4 Å². The minimum absolute atomic E-state index is 0.188. The van der Waals surface area contributed by atoms with Gasteiger partial charge in [-0.05, 0) is 41.8 Å². The number of nitrogens with one attached hydrogen (secondary N) is 1. The lowest BCUT2D eigenvalue weighted by atomic mass is 10.1. The maximum atomic E-state index is 12.6. The maximum Gasteiger partial charge on any atom is 0.222 e. The van der Waals surface area contributed by atoms with E-state index in [0.29, 0.717) is 13.0 Å². The normalized spacial score (nSPS) is 13.9. The molecule has 0 spiro atoms. The number of fused-ring (bicyclic) bond motifs is 2. The number of aromatic nitrogens is 1. The summed E-state index contributed by atoms with van der Waals surface area (Å²) in [5.41, 5.74) is 6.35. The second kappa shape index (κ2) is 6.96. The molecule has 0 saturated heterocycles. The minimum Gasteiger partial charge on any atom is -0.361 e. The van der Waals surface area contributed by atoms with Crippen LogP contribution in [0.2, 0.25) is 0 Å². The number of benzene rings is 2. The van der Waals surface area contributed by atoms with E-state index in [1.165, 1.54) is 27.6 Å². The number of hydrogen-bond acceptors (Lipinski definition) is 2. The molecule has 26 heavy (non-hydrogen) atoms. The molecule has 4 heteroatoms. The van der Waals surface area contributed by atoms with Gasteiger partial charge in [-0.2, -0.15) is 0 Å². The molecular weight excluding hydrogens is 322 g/mol. The summed E-state index contributed by atoms with van der Waals surface area (Å²) in [5.74, 6) is 0.188. The number of rotatable bonds is 5. The SMILES string of the molecule is CN1Cc2ccc(CN(C)C(=O)CCc3c[nH]c4ccccc34)cc2C1. The Labute approximate surface area is 154 Å². The summed E-state index contributed by atoms with van der Waals surface area (Å²) in [5, 5.41) is 1.21. The summed E-state index contributed by atoms with van der Waals surface area (Å²) >= 11 is 0. The van der Waals surface area contributed by atoms with Gasteiger partial charge in [0, 0.05) is 50.2 Å². The molecule has 0 saturated carbocycles. The van der Waals surface area contributed by atoms with Crippen molar-refractivity contribution in [1.82, 2.24) is 14.8 Å². The molecule has 2 aromatic carbocycles. The van der Waals surface area contributed by atoms with E-state index in [-0.39, 0.29) is 5.91 Å². The summed E-state index contributed by atoms with van der Waals surface area (Å²) in [4.78, 5) is 20.0. The van der Waals surface area contributed by atoms with Crippen LogP contribution in [0.15, 0.2) is 48.7 Å². The van der Waals surface area contributed by atoms with E-state index in [2.05, 4.69) is 47.3 Å². The number of aromatic amines is 1. The summed E-state index contributed by atoms with van der Waals surface area (Å²) in [6.45, 7) is 2.69. The van der Waals surface area contributed by atoms with Crippen LogP contribution >= 0.6 is 0 Å². The second-order valence-corrected chi connectivity index (χ2v) is 7.38. The first-order valence-corrected chi connectivity index (χ1v) is 9.18. The molecule has 1 aliphatic rings. The van der Waals surface area contributed by atoms with E-state index < -0.39 is 0 Å². The van der Waals surface area contributed by atoms with Crippen LogP contribution < -0.4 is 0 Å². The van der Waals surface area contributed by atoms with Crippen molar-refractivity contribution in [3.8, 4) is 0 Å². The van der Waals surface area contributed by atoms with Crippen LogP contribution in [0.3, 0.4) is 0 Å². The highest BCUT2D eigenvalue weighted by molar-refractivity contribution is 5.84. The molecule has 0 aliphatic carbocycles. The number of carbonyl (C=O) groups is 1. The molecule has 4 nitrogen and oxygen atoms in total. The highest BCUT2D eigenvalue weighted by Gasteiger charge is 2.17. The summed E-state index contributed by atoms with van der Waals surface area (Å²) in [7, 11) is 4.04. The molecule has 4 rings (SSSR count). The van der Waals surface area contributed by atoms with Crippen molar-refractivity contribution in [3.63, 3.8) is 0 Å². The van der Waals surface area contributed by atoms with Crippen LogP contribution in [0.5, 0.6) is 0 Å². The average Bonchev–Trinajstić information content (AvgIpc) is 3.21. The zero-order valence-electron chi connectivity index (χ0n) is 15.5. The fourth-order valence-electron chi connectivity index (χ4n) is 3.85. The largest absolute Gasteiger partial charge is 0.361 e. The van der Waals surface area contributed by atoms with E-state index in [4.69, 9.17) is 0 Å². The van der Waals surface area contributed by atoms with Crippen molar-refractivity contribution in [3.05, 3.63) is 70.9 Å². The third-order valence-corrected chi connectivity index (χ3v) is 5.28. The van der Waals surface area contributed by atoms with Gasteiger partial charge >= 0.3 is 0 Å². The zero-order chi connectivity index (χ0) is 18.1. The highest BCUT2D eigenvalue weighted by atomic mass is 16.2. The molecule has 0 fully saturated rings. The van der Waals surface area contributed by atoms with Crippen molar-refractivity contribution in [2.45, 2.75) is 32.5 Å². The first kappa shape index (κ1) is 16.9. The van der Waals surface area contributed by atoms with Crippen LogP contribution in [0.1, 0.15) is 28.7 Å². The van der Waals surface area contributed by atoms with E-state index in [0.717, 1.165) is 25.0 Å². The van der Waals surface area contributed by atoms with E-state index >= 15 is 0 Å². The van der Waals surface area contributed by atoms with Crippen LogP contribution in [-0.2, 0) is 30.8 Å². The standard InChI is InChI=1S/C22H25N3O/c1-24-14-18-8-7-16(11-19(18)15-24)13-25(2)22(26)10-9-17-12-23-21-6-4-3-5-20(17)21/h3-8,11-12,23H,9-10,13-15H2,1-2H3. The average molecular weight is 347 g/mol. The van der Waals surface area contributed by atoms with Crippen LogP contribution in [0.25, 0.3) is 10.9 Å². The van der Waals surface area contributed by atoms with Gasteiger partial charge in [-0.15, -0.1) is 0 Å². The molecule has 1 aromatic heterocycles. The molecule has 1 N–H and O–H groups in total. The Bertz CT molecular complexity index is 943. The number of aryl methyl sites for hydroxylation is 1. The van der Waals surface area contributed by atoms with Gasteiger partial charge in [0.1, 0.15) is 0 Å². The lowest BCUT2D eigenvalue weighted by Crippen LogP contribution is -2.26. The van der Waals surface area contributed by atoms with Crippen molar-refractivity contribution in [2.75, 3.05) is 14.1 Å². The number of carbonyl (C=O) groups excluding carboxylic acids is 1. The third kappa shape index (κ3) is 3.37. The predicted molar refractivity (Wildman–Crippen MR) is 105 cm³/mol. The van der Waals surface area contributed by atoms with Crippen molar-refractivity contribution >= 4 is 16.8 Å². The lowest BCUT2D eigenvalue weighted by Gasteiger charge is -2.18. The molecule has 134 valence electrons. The fourth-order valence-corrected chi connectivity index (χ4v) is 3.85. The van der Waals surface area contributed by atoms with Gasteiger partial charge in [0.05, 0.1) is 0 Å². The van der Waals surface area contributed by atoms with Crippen molar-refractivity contribution in [1.29, 1.82) is 0 Å². The Hall–Kier alpha value is -2.59. The first-order chi connectivity index (χ1) is 12.6. The van der Waals surface area contributed by atoms with E-state index in [1.807, 2.05) is 30.3 Å². The monoisotopic (exact) mass is 347 g/mol. The molecule has 0 radical (unpaired) electrons. The van der Waals surface area contributed by atoms with Crippen molar-refractivity contribution < 1.29 is 4.79 Å². The predicted octanol–water partition coefficient (Wildman–Crippen LogP) is 3.70. The van der Waals surface area contributed by atoms with E-state index in [9.17, 15) is 4.79 Å². The smallest absolute Gasteiger partial charge is 0.222 e. The molecule has 1 amide bonds. The Morgan fingerprint density at radius 1 is 1.15 bits per heavy atom. The van der Waals surface area contributed by atoms with Gasteiger partial charge in [-0.25, -0.2) is 0 Å². The summed E-state index contributed by atoms with van der Waals surface area (Å²) < 4.78 is 0. The molecule has 0 atom stereocenters. The Balaban J connectivity index is 1.37. The molecule has 3 aromatic rings. The van der Waals surface area contributed by atoms with Crippen molar-refractivity contribution in [2.24, 2.45) is 0 Å². The van der Waals surface area contributed by atoms with Crippen LogP contribution in [0.4, 0.5) is 0 Å². The highest BCUT2D eigenvalue weighted by Crippen LogP contribution is 2.23. The number of para-hydroxylation sites is 1. The van der Waals surface area contributed by atoms with E-state index in [1.54, 1.807) is 0 Å². The first-order valence-electron chi connectivity index (χ1n) is 9.18. The Kier molecular flexibility index (Phi) is 4.51. The molecular formula is C22H25N3O. The number of H-pyrrole nitrogens is 1. The maximum absolute atomic E-state index is 12.6. The van der Waals surface area contributed by atoms with Crippen LogP contribution in [-0.4, -0.2) is 34.8 Å². The number of nitrogens with zero attached hydrogens (tertiary/aromatic N) is 2. The number of amides is 1. The summed E-state index contributed by atoms with van der Waals surface area (Å²) in [6.07, 6.45) is 3.32. The van der Waals surface area contributed by atoms with Gasteiger partial charge < -0.3 is 9.88 Å². The topological polar surface area (TPSA) is 39.3 Å². The molecule has 0 bridgehead atoms. The van der Waals surface area contributed by atoms with Gasteiger partial charge in [0.25, 0.3) is 0 Å². The molecule has 1 aliphatic heterocycles. The van der Waals surface area contributed by atoms with Gasteiger partial charge in [0.15, 0.2) is 0 Å². The molecule has 0 unspecified atom stereocenters. The minimum atomic E-state index is 0.188. The fraction of sp³-hybridized carbons (Fsp3) is 0.318. The lowest BCUT2D eigenvalue weighted by molar-refractivity contribution is -0.130. The Morgan fingerprint density at radius 2 is 1.96 bits per heavy atom. The summed E-state index contributed by atoms with van der Waals surface area (Å²) in [6, 6.07) is 14.9. The second-order valence-electron chi connectivity index (χ2n) is 7.38. The molecule has 2 heterocycles. The zero-order valence-corrected chi connectivity index (χ0v) is 15.5. The number of hydrogen-bond donors (Lipinski definition) is 1. The Morgan fingerprint density at radius 3 is 2.85 bits per heavy atom. The quantitative estimate of drug-likeness (QED) is 0.764. The van der Waals surface area contributed by atoms with Crippen LogP contribution in [0, 0.1) is 0 Å².